The van der Waals surface area contributed by atoms with Crippen LogP contribution in [0.15, 0.2) is 47.4 Å². The Morgan fingerprint density at radius 2 is 1.76 bits per heavy atom. The van der Waals surface area contributed by atoms with Gasteiger partial charge in [-0.15, -0.1) is 0 Å². The number of thioether (sulfide) groups is 1. The molecule has 0 unspecified atom stereocenters. The van der Waals surface area contributed by atoms with Gasteiger partial charge in [0.1, 0.15) is 6.54 Å². The van der Waals surface area contributed by atoms with Crippen LogP contribution in [0.1, 0.15) is 27.0 Å². The van der Waals surface area contributed by atoms with Gasteiger partial charge in [0.15, 0.2) is 0 Å². The molecule has 0 atom stereocenters. The van der Waals surface area contributed by atoms with Crippen LogP contribution in [0.2, 0.25) is 0 Å². The highest BCUT2D eigenvalue weighted by Crippen LogP contribution is 2.32. The SMILES string of the molecule is Cc1ccc(NC(=O)CN2C(=O)S/C(=C\c3ccc(C(=O)[O-])cc3)C2=O)cc1C. The lowest BCUT2D eigenvalue weighted by Crippen LogP contribution is -2.36. The Balaban J connectivity index is 1.68. The molecule has 148 valence electrons. The zero-order valence-corrected chi connectivity index (χ0v) is 16.5. The van der Waals surface area contributed by atoms with Crippen LogP contribution in [-0.4, -0.2) is 34.5 Å². The van der Waals surface area contributed by atoms with Gasteiger partial charge in [0.05, 0.1) is 10.9 Å². The minimum Gasteiger partial charge on any atom is -0.545 e. The number of anilines is 1. The van der Waals surface area contributed by atoms with E-state index in [0.717, 1.165) is 27.8 Å². The standard InChI is InChI=1S/C21H18N2O5S/c1-12-3-8-16(9-13(12)2)22-18(24)11-23-19(25)17(29-21(23)28)10-14-4-6-15(7-5-14)20(26)27/h3-10H,11H2,1-2H3,(H,22,24)(H,26,27)/p-1/b17-10-. The number of nitrogens with one attached hydrogen (secondary N) is 1. The van der Waals surface area contributed by atoms with Crippen molar-refractivity contribution >= 4 is 46.5 Å². The maximum absolute atomic E-state index is 12.5. The molecule has 2 aromatic carbocycles. The lowest BCUT2D eigenvalue weighted by molar-refractivity contribution is -0.255. The number of carbonyl (C=O) groups excluding carboxylic acids is 4. The zero-order chi connectivity index (χ0) is 21.1. The van der Waals surface area contributed by atoms with Crippen LogP contribution in [0.3, 0.4) is 0 Å². The maximum Gasteiger partial charge on any atom is 0.294 e. The van der Waals surface area contributed by atoms with Crippen molar-refractivity contribution in [2.45, 2.75) is 13.8 Å². The molecule has 7 nitrogen and oxygen atoms in total. The minimum absolute atomic E-state index is 0.0123. The van der Waals surface area contributed by atoms with Gasteiger partial charge in [-0.25, -0.2) is 0 Å². The lowest BCUT2D eigenvalue weighted by Gasteiger charge is -2.13. The normalized spacial score (nSPS) is 15.1. The Hall–Kier alpha value is -3.39. The quantitative estimate of drug-likeness (QED) is 0.760. The number of carboxylic acids is 1. The van der Waals surface area contributed by atoms with Crippen molar-refractivity contribution < 1.29 is 24.3 Å². The van der Waals surface area contributed by atoms with E-state index < -0.39 is 29.6 Å². The van der Waals surface area contributed by atoms with Gasteiger partial charge in [-0.1, -0.05) is 30.3 Å². The van der Waals surface area contributed by atoms with E-state index in [-0.39, 0.29) is 10.5 Å². The fourth-order valence-corrected chi connectivity index (χ4v) is 3.50. The van der Waals surface area contributed by atoms with E-state index in [1.807, 2.05) is 26.0 Å². The topological polar surface area (TPSA) is 107 Å². The summed E-state index contributed by atoms with van der Waals surface area (Å²) in [5, 5.41) is 12.9. The number of benzene rings is 2. The van der Waals surface area contributed by atoms with Crippen LogP contribution in [0.25, 0.3) is 6.08 Å². The van der Waals surface area contributed by atoms with Gasteiger partial charge in [0.25, 0.3) is 11.1 Å². The molecule has 0 spiro atoms. The van der Waals surface area contributed by atoms with E-state index in [9.17, 15) is 24.3 Å². The summed E-state index contributed by atoms with van der Waals surface area (Å²) >= 11 is 0.730. The molecule has 0 radical (unpaired) electrons. The van der Waals surface area contributed by atoms with Crippen molar-refractivity contribution in [2.75, 3.05) is 11.9 Å². The average Bonchev–Trinajstić information content (AvgIpc) is 2.92. The highest BCUT2D eigenvalue weighted by Gasteiger charge is 2.36. The summed E-state index contributed by atoms with van der Waals surface area (Å²) in [6.45, 7) is 3.49. The van der Waals surface area contributed by atoms with E-state index >= 15 is 0 Å². The number of nitrogens with zero attached hydrogens (tertiary/aromatic N) is 1. The van der Waals surface area contributed by atoms with Gasteiger partial charge < -0.3 is 15.2 Å². The highest BCUT2D eigenvalue weighted by molar-refractivity contribution is 8.18. The molecule has 29 heavy (non-hydrogen) atoms. The van der Waals surface area contributed by atoms with Crippen molar-refractivity contribution in [3.63, 3.8) is 0 Å². The lowest BCUT2D eigenvalue weighted by atomic mass is 10.1. The Labute approximate surface area is 171 Å². The van der Waals surface area contributed by atoms with Gasteiger partial charge in [-0.2, -0.15) is 0 Å². The van der Waals surface area contributed by atoms with Crippen molar-refractivity contribution in [1.82, 2.24) is 4.90 Å². The summed E-state index contributed by atoms with van der Waals surface area (Å²) in [5.74, 6) is -2.35. The summed E-state index contributed by atoms with van der Waals surface area (Å²) in [6, 6.07) is 11.2. The van der Waals surface area contributed by atoms with Crippen LogP contribution in [0.4, 0.5) is 10.5 Å². The summed E-state index contributed by atoms with van der Waals surface area (Å²) < 4.78 is 0. The summed E-state index contributed by atoms with van der Waals surface area (Å²) in [6.07, 6.45) is 1.48. The molecule has 0 aliphatic carbocycles. The monoisotopic (exact) mass is 409 g/mol. The second kappa shape index (κ2) is 8.32. The smallest absolute Gasteiger partial charge is 0.294 e. The van der Waals surface area contributed by atoms with E-state index in [0.29, 0.717) is 11.3 Å². The average molecular weight is 409 g/mol. The molecule has 1 aliphatic rings. The molecule has 1 aliphatic heterocycles. The molecule has 1 N–H and O–H groups in total. The fourth-order valence-electron chi connectivity index (χ4n) is 2.67. The van der Waals surface area contributed by atoms with E-state index in [1.54, 1.807) is 6.07 Å². The van der Waals surface area contributed by atoms with Crippen LogP contribution in [0, 0.1) is 13.8 Å². The molecular weight excluding hydrogens is 392 g/mol. The van der Waals surface area contributed by atoms with Gasteiger partial charge in [0, 0.05) is 5.69 Å². The molecule has 1 heterocycles. The van der Waals surface area contributed by atoms with Gasteiger partial charge in [0.2, 0.25) is 5.91 Å². The number of amides is 3. The molecule has 1 saturated heterocycles. The number of hydrogen-bond acceptors (Lipinski definition) is 6. The number of imide groups is 1. The number of rotatable bonds is 5. The summed E-state index contributed by atoms with van der Waals surface area (Å²) in [7, 11) is 0. The number of aromatic carboxylic acids is 1. The molecule has 0 bridgehead atoms. The van der Waals surface area contributed by atoms with E-state index in [2.05, 4.69) is 5.32 Å². The van der Waals surface area contributed by atoms with E-state index in [4.69, 9.17) is 0 Å². The first-order chi connectivity index (χ1) is 13.7. The van der Waals surface area contributed by atoms with E-state index in [1.165, 1.54) is 30.3 Å². The van der Waals surface area contributed by atoms with Crippen LogP contribution < -0.4 is 10.4 Å². The van der Waals surface area contributed by atoms with Crippen molar-refractivity contribution in [2.24, 2.45) is 0 Å². The molecule has 3 rings (SSSR count). The first-order valence-corrected chi connectivity index (χ1v) is 9.50. The molecule has 0 aromatic heterocycles. The number of carbonyl (C=O) groups is 4. The first kappa shape index (κ1) is 20.3. The van der Waals surface area contributed by atoms with Gasteiger partial charge >= 0.3 is 0 Å². The van der Waals surface area contributed by atoms with Crippen molar-refractivity contribution in [1.29, 1.82) is 0 Å². The van der Waals surface area contributed by atoms with Gasteiger partial charge in [-0.05, 0) is 66.1 Å². The Bertz CT molecular complexity index is 1040. The third-order valence-electron chi connectivity index (χ3n) is 4.41. The first-order valence-electron chi connectivity index (χ1n) is 8.68. The molecular formula is C21H17N2O5S-. The second-order valence-corrected chi connectivity index (χ2v) is 7.52. The summed E-state index contributed by atoms with van der Waals surface area (Å²) in [5.41, 5.74) is 3.26. The third-order valence-corrected chi connectivity index (χ3v) is 5.32. The van der Waals surface area contributed by atoms with Crippen LogP contribution >= 0.6 is 11.8 Å². The van der Waals surface area contributed by atoms with Crippen LogP contribution in [0.5, 0.6) is 0 Å². The third kappa shape index (κ3) is 4.72. The number of carboxylic acid groups (broad SMARTS) is 1. The molecule has 0 saturated carbocycles. The molecule has 3 amide bonds. The predicted octanol–water partition coefficient (Wildman–Crippen LogP) is 2.34. The van der Waals surface area contributed by atoms with Crippen LogP contribution in [-0.2, 0) is 9.59 Å². The zero-order valence-electron chi connectivity index (χ0n) is 15.7. The Morgan fingerprint density at radius 1 is 1.07 bits per heavy atom. The summed E-state index contributed by atoms with van der Waals surface area (Å²) in [4.78, 5) is 48.8. The van der Waals surface area contributed by atoms with Gasteiger partial charge in [-0.3, -0.25) is 19.3 Å². The maximum atomic E-state index is 12.5. The molecule has 2 aromatic rings. The highest BCUT2D eigenvalue weighted by atomic mass is 32.2. The Kier molecular flexibility index (Phi) is 5.84. The number of aryl methyl sites for hydroxylation is 2. The fraction of sp³-hybridized carbons (Fsp3) is 0.143. The Morgan fingerprint density at radius 3 is 2.38 bits per heavy atom. The van der Waals surface area contributed by atoms with Crippen molar-refractivity contribution in [3.8, 4) is 0 Å². The number of hydrogen-bond donors (Lipinski definition) is 1. The largest absolute Gasteiger partial charge is 0.545 e. The minimum atomic E-state index is -1.30. The predicted molar refractivity (Wildman–Crippen MR) is 108 cm³/mol. The molecule has 1 fully saturated rings. The second-order valence-electron chi connectivity index (χ2n) is 6.52. The molecule has 8 heteroatoms. The van der Waals surface area contributed by atoms with Crippen molar-refractivity contribution in [3.05, 3.63) is 69.6 Å².